The molecule has 0 spiro atoms. The van der Waals surface area contributed by atoms with Crippen LogP contribution in [0, 0.1) is 0 Å². The zero-order valence-corrected chi connectivity index (χ0v) is 19.2. The second-order valence-electron chi connectivity index (χ2n) is 8.26. The maximum atomic E-state index is 13.3. The van der Waals surface area contributed by atoms with Crippen LogP contribution in [-0.4, -0.2) is 60.3 Å². The van der Waals surface area contributed by atoms with Crippen molar-refractivity contribution in [3.05, 3.63) is 24.3 Å². The summed E-state index contributed by atoms with van der Waals surface area (Å²) in [6.07, 6.45) is 4.16. The SMILES string of the molecule is CCCNC(=O)CSc1nnc2n(CC(=O)N3[C@H](C)CCC[C@H]3C)c3ccccc3n12. The number of fused-ring (bicyclic) bond motifs is 3. The Bertz CT molecular complexity index is 1080. The van der Waals surface area contributed by atoms with Crippen molar-refractivity contribution < 1.29 is 9.59 Å². The van der Waals surface area contributed by atoms with Gasteiger partial charge in [0, 0.05) is 18.6 Å². The Kier molecular flexibility index (Phi) is 6.50. The number of carbonyl (C=O) groups is 2. The van der Waals surface area contributed by atoms with E-state index in [0.29, 0.717) is 17.5 Å². The molecule has 0 unspecified atom stereocenters. The second-order valence-corrected chi connectivity index (χ2v) is 9.20. The third-order valence-corrected chi connectivity index (χ3v) is 6.88. The molecule has 0 saturated carbocycles. The number of likely N-dealkylation sites (tertiary alicyclic amines) is 1. The summed E-state index contributed by atoms with van der Waals surface area (Å²) in [6.45, 7) is 7.19. The van der Waals surface area contributed by atoms with Crippen LogP contribution in [0.1, 0.15) is 46.5 Å². The van der Waals surface area contributed by atoms with Crippen LogP contribution in [-0.2, 0) is 16.1 Å². The van der Waals surface area contributed by atoms with E-state index in [4.69, 9.17) is 0 Å². The lowest BCUT2D eigenvalue weighted by atomic mass is 9.97. The summed E-state index contributed by atoms with van der Waals surface area (Å²) in [5, 5.41) is 12.2. The quantitative estimate of drug-likeness (QED) is 0.569. The molecule has 1 aromatic carbocycles. The molecule has 3 aromatic rings. The number of piperidine rings is 1. The third-order valence-electron chi connectivity index (χ3n) is 5.95. The summed E-state index contributed by atoms with van der Waals surface area (Å²) in [4.78, 5) is 27.4. The maximum absolute atomic E-state index is 13.3. The Morgan fingerprint density at radius 1 is 1.13 bits per heavy atom. The highest BCUT2D eigenvalue weighted by molar-refractivity contribution is 7.99. The number of benzene rings is 1. The number of carbonyl (C=O) groups excluding carboxylic acids is 2. The first-order valence-corrected chi connectivity index (χ1v) is 12.0. The number of para-hydroxylation sites is 2. The number of imidazole rings is 1. The standard InChI is InChI=1S/C22H30N6O2S/c1-4-12-23-19(29)14-31-22-25-24-21-26(17-10-5-6-11-18(17)28(21)22)13-20(30)27-15(2)8-7-9-16(27)3/h5-6,10-11,15-16H,4,7-9,12-14H2,1-3H3,(H,23,29)/t15-,16-/m1/s1. The van der Waals surface area contributed by atoms with Crippen molar-refractivity contribution in [2.75, 3.05) is 12.3 Å². The summed E-state index contributed by atoms with van der Waals surface area (Å²) in [5.74, 6) is 1.00. The normalized spacial score (nSPS) is 19.3. The molecule has 166 valence electrons. The Hall–Kier alpha value is -2.55. The molecule has 9 heteroatoms. The molecule has 1 saturated heterocycles. The van der Waals surface area contributed by atoms with E-state index in [2.05, 4.69) is 29.4 Å². The van der Waals surface area contributed by atoms with Crippen LogP contribution in [0.5, 0.6) is 0 Å². The van der Waals surface area contributed by atoms with Gasteiger partial charge < -0.3 is 10.2 Å². The fourth-order valence-corrected chi connectivity index (χ4v) is 5.23. The van der Waals surface area contributed by atoms with Gasteiger partial charge in [0.25, 0.3) is 0 Å². The molecule has 1 fully saturated rings. The monoisotopic (exact) mass is 442 g/mol. The van der Waals surface area contributed by atoms with Crippen LogP contribution in [0.3, 0.4) is 0 Å². The number of hydrogen-bond donors (Lipinski definition) is 1. The van der Waals surface area contributed by atoms with E-state index < -0.39 is 0 Å². The number of amides is 2. The lowest BCUT2D eigenvalue weighted by Crippen LogP contribution is -2.48. The Labute approximate surface area is 186 Å². The lowest BCUT2D eigenvalue weighted by Gasteiger charge is -2.39. The summed E-state index contributed by atoms with van der Waals surface area (Å²) in [7, 11) is 0. The predicted octanol–water partition coefficient (Wildman–Crippen LogP) is 3.09. The molecule has 1 aliphatic rings. The summed E-state index contributed by atoms with van der Waals surface area (Å²) in [5.41, 5.74) is 1.88. The number of nitrogens with one attached hydrogen (secondary N) is 1. The summed E-state index contributed by atoms with van der Waals surface area (Å²) < 4.78 is 3.89. The molecule has 0 aliphatic carbocycles. The smallest absolute Gasteiger partial charge is 0.243 e. The average molecular weight is 443 g/mol. The highest BCUT2D eigenvalue weighted by atomic mass is 32.2. The molecule has 2 atom stereocenters. The molecule has 3 heterocycles. The number of rotatable bonds is 7. The molecule has 31 heavy (non-hydrogen) atoms. The topological polar surface area (TPSA) is 84.5 Å². The minimum Gasteiger partial charge on any atom is -0.355 e. The molecule has 2 amide bonds. The van der Waals surface area contributed by atoms with E-state index in [1.165, 1.54) is 18.2 Å². The van der Waals surface area contributed by atoms with Gasteiger partial charge in [0.15, 0.2) is 5.16 Å². The molecular weight excluding hydrogens is 412 g/mol. The third kappa shape index (κ3) is 4.28. The van der Waals surface area contributed by atoms with Gasteiger partial charge >= 0.3 is 0 Å². The lowest BCUT2D eigenvalue weighted by molar-refractivity contribution is -0.137. The minimum absolute atomic E-state index is 0.0180. The number of hydrogen-bond acceptors (Lipinski definition) is 5. The van der Waals surface area contributed by atoms with E-state index in [0.717, 1.165) is 30.3 Å². The Balaban J connectivity index is 1.64. The fraction of sp³-hybridized carbons (Fsp3) is 0.545. The number of nitrogens with zero attached hydrogens (tertiary/aromatic N) is 5. The van der Waals surface area contributed by atoms with Gasteiger partial charge in [-0.1, -0.05) is 30.8 Å². The van der Waals surface area contributed by atoms with Crippen LogP contribution in [0.25, 0.3) is 16.8 Å². The van der Waals surface area contributed by atoms with Gasteiger partial charge in [0.1, 0.15) is 6.54 Å². The van der Waals surface area contributed by atoms with Gasteiger partial charge in [0.05, 0.1) is 16.8 Å². The van der Waals surface area contributed by atoms with Gasteiger partial charge in [-0.05, 0) is 51.7 Å². The largest absolute Gasteiger partial charge is 0.355 e. The van der Waals surface area contributed by atoms with Crippen molar-refractivity contribution in [2.24, 2.45) is 0 Å². The summed E-state index contributed by atoms with van der Waals surface area (Å²) in [6, 6.07) is 8.43. The zero-order valence-electron chi connectivity index (χ0n) is 18.4. The van der Waals surface area contributed by atoms with Crippen LogP contribution < -0.4 is 5.32 Å². The molecule has 8 nitrogen and oxygen atoms in total. The second kappa shape index (κ2) is 9.30. The molecule has 0 bridgehead atoms. The van der Waals surface area contributed by atoms with E-state index in [1.54, 1.807) is 0 Å². The Morgan fingerprint density at radius 2 is 1.84 bits per heavy atom. The first-order valence-electron chi connectivity index (χ1n) is 11.0. The van der Waals surface area contributed by atoms with Gasteiger partial charge in [-0.25, -0.2) is 0 Å². The number of aromatic nitrogens is 4. The maximum Gasteiger partial charge on any atom is 0.243 e. The molecular formula is C22H30N6O2S. The molecule has 0 radical (unpaired) electrons. The van der Waals surface area contributed by atoms with E-state index in [9.17, 15) is 9.59 Å². The van der Waals surface area contributed by atoms with Crippen molar-refractivity contribution in [3.8, 4) is 0 Å². The van der Waals surface area contributed by atoms with E-state index in [1.807, 2.05) is 45.1 Å². The van der Waals surface area contributed by atoms with Crippen molar-refractivity contribution in [3.63, 3.8) is 0 Å². The Morgan fingerprint density at radius 3 is 2.55 bits per heavy atom. The van der Waals surface area contributed by atoms with Gasteiger partial charge in [-0.3, -0.25) is 18.6 Å². The first kappa shape index (κ1) is 21.7. The molecule has 4 rings (SSSR count). The van der Waals surface area contributed by atoms with E-state index >= 15 is 0 Å². The fourth-order valence-electron chi connectivity index (χ4n) is 4.46. The van der Waals surface area contributed by atoms with Crippen molar-refractivity contribution in [1.29, 1.82) is 0 Å². The van der Waals surface area contributed by atoms with Gasteiger partial charge in [-0.15, -0.1) is 10.2 Å². The van der Waals surface area contributed by atoms with Crippen molar-refractivity contribution in [1.82, 2.24) is 29.4 Å². The van der Waals surface area contributed by atoms with Crippen molar-refractivity contribution >= 4 is 40.4 Å². The average Bonchev–Trinajstić information content (AvgIpc) is 3.30. The van der Waals surface area contributed by atoms with Gasteiger partial charge in [0.2, 0.25) is 17.6 Å². The van der Waals surface area contributed by atoms with Crippen LogP contribution >= 0.6 is 11.8 Å². The van der Waals surface area contributed by atoms with Crippen LogP contribution in [0.4, 0.5) is 0 Å². The molecule has 1 aliphatic heterocycles. The van der Waals surface area contributed by atoms with Crippen LogP contribution in [0.2, 0.25) is 0 Å². The molecule has 1 N–H and O–H groups in total. The predicted molar refractivity (Wildman–Crippen MR) is 122 cm³/mol. The zero-order chi connectivity index (χ0) is 22.0. The van der Waals surface area contributed by atoms with Crippen LogP contribution in [0.15, 0.2) is 29.4 Å². The first-order chi connectivity index (χ1) is 15.0. The van der Waals surface area contributed by atoms with Crippen molar-refractivity contribution in [2.45, 2.75) is 70.2 Å². The summed E-state index contributed by atoms with van der Waals surface area (Å²) >= 11 is 1.36. The minimum atomic E-state index is -0.0180. The molecule has 2 aromatic heterocycles. The van der Waals surface area contributed by atoms with Gasteiger partial charge in [-0.2, -0.15) is 0 Å². The van der Waals surface area contributed by atoms with E-state index in [-0.39, 0.29) is 36.2 Å². The highest BCUT2D eigenvalue weighted by Gasteiger charge is 2.30. The highest BCUT2D eigenvalue weighted by Crippen LogP contribution is 2.27. The number of thioether (sulfide) groups is 1.